The third-order valence-electron chi connectivity index (χ3n) is 20.8. The van der Waals surface area contributed by atoms with E-state index in [0.29, 0.717) is 83.4 Å². The number of aliphatic hydroxyl groups excluding tert-OH is 2. The SMILES string of the molecule is CC(C)(CO)N1CCN(C(=O)OC2([C@H]3COC[C@@H](c4cc(F)cc(F)c4)N3S(=O)(=O)c3ccc(Cl)cc3)CC2)CC1.COC(=O)[C@H]1COC[C@@H](c2cc(F)cc(F)c2)N1S(=O)(=O)c1ccc(Cl)cc1.O=C(O)[C@H]1COC[C@@H](c2cc(F)cc(F)c2)N1S(=O)(=O)c1ccc(Cl)cc1.O=S(=O)(c1ccc(Cl)cc1)N1[C@@H](CO)COC[C@H]1c1cc(F)cc(F)c1.[Cl][Ru]([Cl])[Cl]. The second-order valence-electron chi connectivity index (χ2n) is 29.5. The number of esters is 1. The summed E-state index contributed by atoms with van der Waals surface area (Å²) in [7, 11) is -0.966. The molecular formula is C80H80Cl7F8N6O20RuS4. The number of nitrogens with zero attached hydrogens (tertiary/aromatic N) is 6. The molecular weight excluding hydrogens is 1990 g/mol. The Labute approximate surface area is 758 Å². The van der Waals surface area contributed by atoms with Gasteiger partial charge in [-0.2, -0.15) is 17.2 Å². The van der Waals surface area contributed by atoms with E-state index in [2.05, 4.69) is 4.90 Å². The number of carboxylic acids is 1. The summed E-state index contributed by atoms with van der Waals surface area (Å²) in [5.41, 5.74) is -1.41. The fourth-order valence-electron chi connectivity index (χ4n) is 14.5. The molecule has 26 nitrogen and oxygen atoms in total. The predicted molar refractivity (Wildman–Crippen MR) is 444 cm³/mol. The van der Waals surface area contributed by atoms with Crippen LogP contribution in [-0.4, -0.2) is 229 Å². The van der Waals surface area contributed by atoms with E-state index in [0.717, 1.165) is 68.6 Å². The quantitative estimate of drug-likeness (QED) is 0.0385. The number of sulfonamides is 4. The molecule has 687 valence electrons. The Kier molecular flexibility index (Phi) is 35.2. The van der Waals surface area contributed by atoms with Crippen LogP contribution < -0.4 is 0 Å². The molecule has 5 heterocycles. The van der Waals surface area contributed by atoms with Gasteiger partial charge in [0.05, 0.1) is 129 Å². The van der Waals surface area contributed by atoms with Gasteiger partial charge in [0, 0.05) is 76.1 Å². The van der Waals surface area contributed by atoms with Crippen LogP contribution in [0.3, 0.4) is 0 Å². The van der Waals surface area contributed by atoms with E-state index >= 15 is 0 Å². The van der Waals surface area contributed by atoms with Gasteiger partial charge in [-0.15, -0.1) is 0 Å². The third kappa shape index (κ3) is 25.0. The number of methoxy groups -OCH3 is 1. The van der Waals surface area contributed by atoms with Crippen LogP contribution in [0, 0.1) is 46.5 Å². The Balaban J connectivity index is 0.000000176. The first-order valence-corrected chi connectivity index (χ1v) is 51.6. The summed E-state index contributed by atoms with van der Waals surface area (Å²) < 4.78 is 254. The normalized spacial score (nSPS) is 21.7. The van der Waals surface area contributed by atoms with Crippen LogP contribution in [0.25, 0.3) is 0 Å². The molecule has 1 aliphatic carbocycles. The van der Waals surface area contributed by atoms with E-state index in [4.69, 9.17) is 104 Å². The molecule has 6 aliphatic rings. The van der Waals surface area contributed by atoms with Crippen LogP contribution in [0.4, 0.5) is 39.9 Å². The second kappa shape index (κ2) is 43.6. The molecule has 0 radical (unpaired) electrons. The third-order valence-corrected chi connectivity index (χ3v) is 29.6. The van der Waals surface area contributed by atoms with Gasteiger partial charge < -0.3 is 48.6 Å². The number of amides is 1. The monoisotopic (exact) mass is 2070 g/mol. The van der Waals surface area contributed by atoms with Gasteiger partial charge in [-0.3, -0.25) is 14.5 Å². The average Bonchev–Trinajstić information content (AvgIpc) is 1.55. The van der Waals surface area contributed by atoms with E-state index < -0.39 is 190 Å². The maximum atomic E-state index is 14.3. The molecule has 0 aromatic heterocycles. The number of rotatable bonds is 19. The van der Waals surface area contributed by atoms with Gasteiger partial charge >= 0.3 is 60.1 Å². The van der Waals surface area contributed by atoms with Crippen molar-refractivity contribution in [1.29, 1.82) is 0 Å². The summed E-state index contributed by atoms with van der Waals surface area (Å²) in [5, 5.41) is 30.1. The molecule has 8 aromatic rings. The van der Waals surface area contributed by atoms with Crippen molar-refractivity contribution in [2.24, 2.45) is 0 Å². The number of morpholine rings is 4. The van der Waals surface area contributed by atoms with Crippen LogP contribution in [-0.2, 0) is 91.1 Å². The molecule has 46 heteroatoms. The van der Waals surface area contributed by atoms with E-state index in [-0.39, 0.29) is 94.7 Å². The zero-order valence-corrected chi connectivity index (χ0v) is 76.5. The fraction of sp³-hybridized carbons (Fsp3) is 0.362. The van der Waals surface area contributed by atoms with E-state index in [9.17, 15) is 98.5 Å². The number of hydrogen-bond acceptors (Lipinski definition) is 20. The van der Waals surface area contributed by atoms with Crippen molar-refractivity contribution in [3.63, 3.8) is 0 Å². The molecule has 14 rings (SSSR count). The van der Waals surface area contributed by atoms with Crippen LogP contribution >= 0.6 is 75.5 Å². The number of hydrogen-bond donors (Lipinski definition) is 3. The molecule has 8 atom stereocenters. The van der Waals surface area contributed by atoms with E-state index in [1.807, 2.05) is 13.8 Å². The van der Waals surface area contributed by atoms with Gasteiger partial charge in [0.15, 0.2) is 0 Å². The molecule has 0 bridgehead atoms. The number of carbonyl (C=O) groups is 3. The van der Waals surface area contributed by atoms with Crippen molar-refractivity contribution in [3.05, 3.63) is 259 Å². The van der Waals surface area contributed by atoms with Gasteiger partial charge in [-0.1, -0.05) is 46.4 Å². The van der Waals surface area contributed by atoms with Crippen molar-refractivity contribution in [3.8, 4) is 0 Å². The second-order valence-corrected chi connectivity index (χ2v) is 46.5. The zero-order valence-electron chi connectivity index (χ0n) is 66.2. The molecule has 1 saturated carbocycles. The molecule has 126 heavy (non-hydrogen) atoms. The molecule has 1 amide bonds. The van der Waals surface area contributed by atoms with Crippen LogP contribution in [0.5, 0.6) is 0 Å². The number of aliphatic hydroxyl groups is 2. The van der Waals surface area contributed by atoms with Crippen LogP contribution in [0.2, 0.25) is 20.1 Å². The fourth-order valence-corrected chi connectivity index (χ4v) is 22.0. The number of aliphatic carboxylic acids is 1. The summed E-state index contributed by atoms with van der Waals surface area (Å²) in [6, 6.07) is 23.5. The number of piperazine rings is 1. The van der Waals surface area contributed by atoms with Gasteiger partial charge in [-0.25, -0.2) is 73.6 Å². The Bertz CT molecular complexity index is 5570. The molecule has 0 unspecified atom stereocenters. The number of ether oxygens (including phenoxy) is 6. The van der Waals surface area contributed by atoms with Gasteiger partial charge in [-0.05, 0) is 195 Å². The van der Waals surface area contributed by atoms with E-state index in [1.54, 1.807) is 4.90 Å². The van der Waals surface area contributed by atoms with E-state index in [1.165, 1.54) is 101 Å². The Morgan fingerprint density at radius 1 is 0.437 bits per heavy atom. The predicted octanol–water partition coefficient (Wildman–Crippen LogP) is 14.4. The Morgan fingerprint density at radius 2 is 0.722 bits per heavy atom. The first-order valence-electron chi connectivity index (χ1n) is 37.6. The molecule has 5 saturated heterocycles. The number of benzene rings is 8. The molecule has 6 fully saturated rings. The Morgan fingerprint density at radius 3 is 1.03 bits per heavy atom. The van der Waals surface area contributed by atoms with Crippen LogP contribution in [0.15, 0.2) is 189 Å². The summed E-state index contributed by atoms with van der Waals surface area (Å²) in [6.07, 6.45) is 0.245. The molecule has 8 aromatic carbocycles. The number of halogens is 15. The van der Waals surface area contributed by atoms with Gasteiger partial charge in [0.1, 0.15) is 64.2 Å². The first kappa shape index (κ1) is 102. The van der Waals surface area contributed by atoms with Crippen molar-refractivity contribution >= 4 is 134 Å². The summed E-state index contributed by atoms with van der Waals surface area (Å²) in [5.74, 6) is -9.20. The number of carbonyl (C=O) groups excluding carboxylic acids is 2. The summed E-state index contributed by atoms with van der Waals surface area (Å²) >= 11 is 21.7. The zero-order chi connectivity index (χ0) is 92.3. The summed E-state index contributed by atoms with van der Waals surface area (Å²) in [4.78, 5) is 40.5. The summed E-state index contributed by atoms with van der Waals surface area (Å²) in [6.45, 7) is 3.80. The Hall–Kier alpha value is -6.58. The minimum absolute atomic E-state index is 0.0173. The average molecular weight is 2080 g/mol. The molecule has 3 N–H and O–H groups in total. The standard InChI is InChI=1S/C28H34ClF2N3O6S.C18H16ClF2NO5S.C17H14ClF2NO5S.C17H16ClF2NO4S.3ClH.Ru/c1-27(2,18-35)33-11-9-32(10-12-33)26(36)40-28(7-8-28)25-17-39-16-24(19-13-21(30)15-22(31)14-19)34(25)41(37,38)23-5-3-20(29)4-6-23;1-26-18(23)17-10-27-9-16(11-6-13(20)8-14(21)7-11)22(17)28(24,25)15-4-2-12(19)3-5-15;18-11-1-3-14(4-2-11)27(24,25)21-15(8-26-9-16(21)17(22)23)10-5-12(19)7-13(20)6-10;18-12-1-3-16(4-2-12)26(23,24)21-15(8-22)9-25-10-17(21)11-5-13(19)7-14(20)6-11;;;;/h3-6,13-15,24-25,35H,7-12,16-18H2,1-2H3;2-8,16-17H,9-10H2,1H3;1-7,15-16H,8-9H2,(H,22,23);1-7,15,17,22H,8-10H2;3*1H;/q;;;;;;;+3/p-3/t24-,25+;16-,17+;15-,16+;15-,17-;;;;/m0000..../s1. The minimum atomic E-state index is -4.33. The first-order chi connectivity index (χ1) is 59.3. The van der Waals surface area contributed by atoms with Gasteiger partial charge in [0.25, 0.3) is 0 Å². The van der Waals surface area contributed by atoms with Gasteiger partial charge in [0.2, 0.25) is 40.1 Å². The van der Waals surface area contributed by atoms with Crippen LogP contribution in [0.1, 0.15) is 73.1 Å². The maximum absolute atomic E-state index is 14.3. The molecule has 5 aliphatic heterocycles. The molecule has 0 spiro atoms. The van der Waals surface area contributed by atoms with Crippen molar-refractivity contribution in [2.45, 2.75) is 106 Å². The number of carboxylic acid groups (broad SMARTS) is 1. The van der Waals surface area contributed by atoms with Crippen molar-refractivity contribution in [2.75, 3.05) is 99.4 Å². The van der Waals surface area contributed by atoms with Crippen molar-refractivity contribution < 1.29 is 140 Å². The topological polar surface area (TPSA) is 323 Å². The van der Waals surface area contributed by atoms with Crippen molar-refractivity contribution in [1.82, 2.24) is 27.0 Å².